The van der Waals surface area contributed by atoms with E-state index in [9.17, 15) is 0 Å². The summed E-state index contributed by atoms with van der Waals surface area (Å²) in [7, 11) is 0. The van der Waals surface area contributed by atoms with Crippen LogP contribution < -0.4 is 5.32 Å². The highest BCUT2D eigenvalue weighted by molar-refractivity contribution is 9.10. The second-order valence-corrected chi connectivity index (χ2v) is 4.95. The third-order valence-corrected chi connectivity index (χ3v) is 2.67. The number of hydrogen-bond acceptors (Lipinski definition) is 2. The van der Waals surface area contributed by atoms with Gasteiger partial charge in [-0.05, 0) is 53.9 Å². The molecule has 2 nitrogen and oxygen atoms in total. The average molecular weight is 271 g/mol. The number of pyridine rings is 1. The molecule has 0 saturated heterocycles. The van der Waals surface area contributed by atoms with Crippen molar-refractivity contribution in [2.75, 3.05) is 6.54 Å². The van der Waals surface area contributed by atoms with E-state index in [0.29, 0.717) is 6.04 Å². The predicted molar refractivity (Wildman–Crippen MR) is 68.0 cm³/mol. The van der Waals surface area contributed by atoms with Crippen LogP contribution in [0, 0.1) is 0 Å². The number of nitrogens with one attached hydrogen (secondary N) is 1. The highest BCUT2D eigenvalue weighted by atomic mass is 79.9. The van der Waals surface area contributed by atoms with Crippen LogP contribution in [0.2, 0.25) is 0 Å². The number of hydrogen-bond donors (Lipinski definition) is 1. The van der Waals surface area contributed by atoms with Crippen molar-refractivity contribution < 1.29 is 0 Å². The van der Waals surface area contributed by atoms with Gasteiger partial charge in [-0.2, -0.15) is 0 Å². The summed E-state index contributed by atoms with van der Waals surface area (Å²) in [5.41, 5.74) is 1.18. The van der Waals surface area contributed by atoms with E-state index in [1.54, 1.807) is 0 Å². The molecule has 0 aromatic carbocycles. The van der Waals surface area contributed by atoms with Crippen molar-refractivity contribution in [2.24, 2.45) is 0 Å². The first kappa shape index (κ1) is 12.7. The maximum absolute atomic E-state index is 4.34. The van der Waals surface area contributed by atoms with E-state index in [4.69, 9.17) is 0 Å². The number of aryl methyl sites for hydroxylation is 1. The zero-order valence-corrected chi connectivity index (χ0v) is 11.0. The lowest BCUT2D eigenvalue weighted by molar-refractivity contribution is 0.556. The molecule has 0 aliphatic carbocycles. The van der Waals surface area contributed by atoms with Gasteiger partial charge in [0.15, 0.2) is 0 Å². The summed E-state index contributed by atoms with van der Waals surface area (Å²) in [4.78, 5) is 4.34. The molecule has 0 unspecified atom stereocenters. The summed E-state index contributed by atoms with van der Waals surface area (Å²) in [5.74, 6) is 0. The molecule has 0 saturated carbocycles. The van der Waals surface area contributed by atoms with Gasteiger partial charge in [-0.1, -0.05) is 13.8 Å². The summed E-state index contributed by atoms with van der Waals surface area (Å²) in [6, 6.07) is 4.73. The van der Waals surface area contributed by atoms with Gasteiger partial charge in [0, 0.05) is 22.4 Å². The lowest BCUT2D eigenvalue weighted by Crippen LogP contribution is -2.23. The largest absolute Gasteiger partial charge is 0.315 e. The Kier molecular flexibility index (Phi) is 5.88. The molecule has 1 aromatic rings. The quantitative estimate of drug-likeness (QED) is 0.804. The van der Waals surface area contributed by atoms with E-state index in [-0.39, 0.29) is 0 Å². The van der Waals surface area contributed by atoms with E-state index in [0.717, 1.165) is 17.4 Å². The van der Waals surface area contributed by atoms with E-state index < -0.39 is 0 Å². The van der Waals surface area contributed by atoms with Crippen LogP contribution in [-0.2, 0) is 6.42 Å². The number of aromatic nitrogens is 1. The minimum Gasteiger partial charge on any atom is -0.315 e. The molecule has 1 aromatic heterocycles. The average Bonchev–Trinajstić information content (AvgIpc) is 2.20. The second-order valence-electron chi connectivity index (χ2n) is 4.03. The minimum atomic E-state index is 0.593. The van der Waals surface area contributed by atoms with Crippen LogP contribution >= 0.6 is 15.9 Å². The fourth-order valence-electron chi connectivity index (χ4n) is 1.38. The molecule has 0 aliphatic heterocycles. The Morgan fingerprint density at radius 3 is 2.73 bits per heavy atom. The van der Waals surface area contributed by atoms with E-state index in [2.05, 4.69) is 52.2 Å². The summed E-state index contributed by atoms with van der Waals surface area (Å²) in [6.45, 7) is 5.46. The van der Waals surface area contributed by atoms with Crippen molar-refractivity contribution in [3.05, 3.63) is 28.5 Å². The van der Waals surface area contributed by atoms with Gasteiger partial charge in [-0.25, -0.2) is 0 Å². The van der Waals surface area contributed by atoms with Gasteiger partial charge in [0.2, 0.25) is 0 Å². The van der Waals surface area contributed by atoms with Crippen molar-refractivity contribution in [1.29, 1.82) is 0 Å². The van der Waals surface area contributed by atoms with Crippen molar-refractivity contribution in [2.45, 2.75) is 39.2 Å². The van der Waals surface area contributed by atoms with Crippen LogP contribution in [0.4, 0.5) is 0 Å². The first-order valence-corrected chi connectivity index (χ1v) is 6.31. The molecule has 0 amide bonds. The molecule has 0 spiro atoms. The van der Waals surface area contributed by atoms with Gasteiger partial charge in [0.25, 0.3) is 0 Å². The Morgan fingerprint density at radius 1 is 1.33 bits per heavy atom. The second kappa shape index (κ2) is 6.96. The molecule has 84 valence electrons. The van der Waals surface area contributed by atoms with Crippen molar-refractivity contribution in [1.82, 2.24) is 10.3 Å². The predicted octanol–water partition coefficient (Wildman–Crippen LogP) is 3.16. The molecule has 0 aliphatic rings. The Balaban J connectivity index is 2.12. The van der Waals surface area contributed by atoms with E-state index in [1.807, 2.05) is 6.20 Å². The Morgan fingerprint density at radius 2 is 2.13 bits per heavy atom. The summed E-state index contributed by atoms with van der Waals surface area (Å²) >= 11 is 3.38. The zero-order valence-electron chi connectivity index (χ0n) is 9.46. The summed E-state index contributed by atoms with van der Waals surface area (Å²) in [6.07, 6.45) is 5.36. The molecule has 1 N–H and O–H groups in total. The maximum atomic E-state index is 4.34. The fourth-order valence-corrected chi connectivity index (χ4v) is 1.61. The maximum Gasteiger partial charge on any atom is 0.0413 e. The van der Waals surface area contributed by atoms with Crippen LogP contribution in [-0.4, -0.2) is 17.6 Å². The van der Waals surface area contributed by atoms with Crippen LogP contribution in [0.5, 0.6) is 0 Å². The van der Waals surface area contributed by atoms with Gasteiger partial charge in [0.05, 0.1) is 0 Å². The van der Waals surface area contributed by atoms with Crippen LogP contribution in [0.1, 0.15) is 32.4 Å². The Labute approximate surface area is 101 Å². The summed E-state index contributed by atoms with van der Waals surface area (Å²) in [5, 5.41) is 3.41. The third kappa shape index (κ3) is 5.90. The Hall–Kier alpha value is -0.410. The zero-order chi connectivity index (χ0) is 11.1. The minimum absolute atomic E-state index is 0.593. The molecule has 1 rings (SSSR count). The molecule has 3 heteroatoms. The SMILES string of the molecule is CC(C)NCCCCc1ccc(Br)cn1. The van der Waals surface area contributed by atoms with Gasteiger partial charge >= 0.3 is 0 Å². The van der Waals surface area contributed by atoms with Crippen molar-refractivity contribution in [3.8, 4) is 0 Å². The van der Waals surface area contributed by atoms with Crippen molar-refractivity contribution in [3.63, 3.8) is 0 Å². The number of unbranched alkanes of at least 4 members (excludes halogenated alkanes) is 1. The molecular weight excluding hydrogens is 252 g/mol. The molecule has 0 bridgehead atoms. The lowest BCUT2D eigenvalue weighted by atomic mass is 10.2. The lowest BCUT2D eigenvalue weighted by Gasteiger charge is -2.07. The standard InChI is InChI=1S/C12H19BrN2/c1-10(2)14-8-4-3-5-12-7-6-11(13)9-15-12/h6-7,9-10,14H,3-5,8H2,1-2H3. The van der Waals surface area contributed by atoms with Crippen LogP contribution in [0.25, 0.3) is 0 Å². The molecule has 1 heterocycles. The van der Waals surface area contributed by atoms with E-state index in [1.165, 1.54) is 18.5 Å². The first-order chi connectivity index (χ1) is 7.18. The molecule has 0 fully saturated rings. The van der Waals surface area contributed by atoms with Gasteiger partial charge in [-0.15, -0.1) is 0 Å². The fraction of sp³-hybridized carbons (Fsp3) is 0.583. The highest BCUT2D eigenvalue weighted by Gasteiger charge is 1.96. The number of halogens is 1. The van der Waals surface area contributed by atoms with Crippen LogP contribution in [0.15, 0.2) is 22.8 Å². The Bertz CT molecular complexity index is 269. The molecule has 0 atom stereocenters. The summed E-state index contributed by atoms with van der Waals surface area (Å²) < 4.78 is 1.05. The molecule has 15 heavy (non-hydrogen) atoms. The smallest absolute Gasteiger partial charge is 0.0413 e. The first-order valence-electron chi connectivity index (χ1n) is 5.52. The number of rotatable bonds is 6. The van der Waals surface area contributed by atoms with Gasteiger partial charge in [0.1, 0.15) is 0 Å². The molecular formula is C12H19BrN2. The highest BCUT2D eigenvalue weighted by Crippen LogP contribution is 2.09. The topological polar surface area (TPSA) is 24.9 Å². The van der Waals surface area contributed by atoms with Gasteiger partial charge < -0.3 is 5.32 Å². The van der Waals surface area contributed by atoms with Crippen molar-refractivity contribution >= 4 is 15.9 Å². The number of nitrogens with zero attached hydrogens (tertiary/aromatic N) is 1. The van der Waals surface area contributed by atoms with E-state index >= 15 is 0 Å². The normalized spacial score (nSPS) is 10.9. The monoisotopic (exact) mass is 270 g/mol. The van der Waals surface area contributed by atoms with Crippen LogP contribution in [0.3, 0.4) is 0 Å². The third-order valence-electron chi connectivity index (χ3n) is 2.20. The van der Waals surface area contributed by atoms with Gasteiger partial charge in [-0.3, -0.25) is 4.98 Å². The molecule has 0 radical (unpaired) electrons.